The van der Waals surface area contributed by atoms with Crippen LogP contribution < -0.4 is 5.32 Å². The molecular weight excluding hydrogens is 306 g/mol. The largest absolute Gasteiger partial charge is 0.354 e. The Labute approximate surface area is 141 Å². The highest BCUT2D eigenvalue weighted by molar-refractivity contribution is 5.86. The third kappa shape index (κ3) is 2.66. The van der Waals surface area contributed by atoms with Gasteiger partial charge in [0.1, 0.15) is 11.2 Å². The number of nitrogens with one attached hydrogen (secondary N) is 1. The minimum Gasteiger partial charge on any atom is -0.354 e. The zero-order valence-electron chi connectivity index (χ0n) is 14.2. The molecule has 2 amide bonds. The molecule has 1 saturated carbocycles. The molecule has 1 aromatic heterocycles. The van der Waals surface area contributed by atoms with E-state index in [4.69, 9.17) is 0 Å². The van der Waals surface area contributed by atoms with Crippen LogP contribution in [0.15, 0.2) is 12.4 Å². The highest BCUT2D eigenvalue weighted by Gasteiger charge is 2.45. The molecular formula is C17H23N5O2. The van der Waals surface area contributed by atoms with E-state index in [9.17, 15) is 14.9 Å². The highest BCUT2D eigenvalue weighted by Crippen LogP contribution is 2.41. The summed E-state index contributed by atoms with van der Waals surface area (Å²) in [5, 5.41) is 12.2. The minimum atomic E-state index is -0.838. The number of likely N-dealkylation sites (tertiary alicyclic amines) is 1. The van der Waals surface area contributed by atoms with E-state index < -0.39 is 5.41 Å². The number of hydrogen-bond donors (Lipinski definition) is 1. The van der Waals surface area contributed by atoms with Crippen molar-refractivity contribution >= 4 is 11.8 Å². The number of carbonyl (C=O) groups excluding carboxylic acids is 2. The molecule has 7 heteroatoms. The van der Waals surface area contributed by atoms with Crippen LogP contribution in [0.1, 0.15) is 44.0 Å². The van der Waals surface area contributed by atoms with Crippen molar-refractivity contribution < 1.29 is 9.59 Å². The van der Waals surface area contributed by atoms with Crippen molar-refractivity contribution in [2.24, 2.45) is 18.4 Å². The second-order valence-electron chi connectivity index (χ2n) is 6.90. The van der Waals surface area contributed by atoms with Crippen LogP contribution in [0.4, 0.5) is 0 Å². The van der Waals surface area contributed by atoms with Crippen LogP contribution in [0.25, 0.3) is 0 Å². The van der Waals surface area contributed by atoms with Gasteiger partial charge in [-0.3, -0.25) is 9.59 Å². The fourth-order valence-corrected chi connectivity index (χ4v) is 3.69. The van der Waals surface area contributed by atoms with Crippen LogP contribution in [0.2, 0.25) is 0 Å². The topological polar surface area (TPSA) is 91.0 Å². The normalized spacial score (nSPS) is 25.7. The molecule has 2 heterocycles. The van der Waals surface area contributed by atoms with Crippen LogP contribution in [0, 0.1) is 22.7 Å². The summed E-state index contributed by atoms with van der Waals surface area (Å²) in [7, 11) is 3.70. The summed E-state index contributed by atoms with van der Waals surface area (Å²) < 4.78 is 1.91. The summed E-state index contributed by atoms with van der Waals surface area (Å²) in [4.78, 5) is 30.6. The van der Waals surface area contributed by atoms with Gasteiger partial charge in [-0.2, -0.15) is 5.26 Å². The van der Waals surface area contributed by atoms with Crippen molar-refractivity contribution in [3.63, 3.8) is 0 Å². The Morgan fingerprint density at radius 3 is 2.79 bits per heavy atom. The quantitative estimate of drug-likeness (QED) is 0.897. The number of nitrogens with zero attached hydrogens (tertiary/aromatic N) is 4. The molecule has 2 aliphatic rings. The van der Waals surface area contributed by atoms with Crippen LogP contribution in [-0.2, 0) is 16.6 Å². The Bertz CT molecular complexity index is 685. The lowest BCUT2D eigenvalue weighted by atomic mass is 9.69. The van der Waals surface area contributed by atoms with Crippen LogP contribution in [0.3, 0.4) is 0 Å². The summed E-state index contributed by atoms with van der Waals surface area (Å²) in [5.41, 5.74) is -0.838. The number of carbonyl (C=O) groups is 2. The first-order chi connectivity index (χ1) is 11.5. The van der Waals surface area contributed by atoms with Crippen molar-refractivity contribution in [3.8, 4) is 6.07 Å². The van der Waals surface area contributed by atoms with E-state index in [2.05, 4.69) is 16.4 Å². The fraction of sp³-hybridized carbons (Fsp3) is 0.647. The van der Waals surface area contributed by atoms with Crippen molar-refractivity contribution in [2.75, 3.05) is 13.6 Å². The molecule has 1 saturated heterocycles. The lowest BCUT2D eigenvalue weighted by Crippen LogP contribution is -2.49. The van der Waals surface area contributed by atoms with Gasteiger partial charge in [0.15, 0.2) is 0 Å². The molecule has 1 aliphatic heterocycles. The maximum Gasteiger partial charge on any atom is 0.240 e. The zero-order valence-corrected chi connectivity index (χ0v) is 14.2. The van der Waals surface area contributed by atoms with Gasteiger partial charge in [-0.25, -0.2) is 4.98 Å². The molecule has 0 unspecified atom stereocenters. The van der Waals surface area contributed by atoms with E-state index in [0.29, 0.717) is 32.2 Å². The summed E-state index contributed by atoms with van der Waals surface area (Å²) in [6.45, 7) is 0.456. The summed E-state index contributed by atoms with van der Waals surface area (Å²) in [6, 6.07) is 2.01. The molecule has 1 aliphatic carbocycles. The Balaban J connectivity index is 1.73. The van der Waals surface area contributed by atoms with Gasteiger partial charge in [0, 0.05) is 45.4 Å². The molecule has 1 aromatic rings. The highest BCUT2D eigenvalue weighted by atomic mass is 16.2. The van der Waals surface area contributed by atoms with Gasteiger partial charge in [-0.1, -0.05) is 0 Å². The molecule has 1 N–H and O–H groups in total. The lowest BCUT2D eigenvalue weighted by molar-refractivity contribution is -0.137. The molecule has 128 valence electrons. The monoisotopic (exact) mass is 329 g/mol. The summed E-state index contributed by atoms with van der Waals surface area (Å²) >= 11 is 0. The molecule has 0 aromatic carbocycles. The van der Waals surface area contributed by atoms with Gasteiger partial charge in [0.05, 0.1) is 12.1 Å². The maximum atomic E-state index is 12.4. The van der Waals surface area contributed by atoms with Crippen LogP contribution in [-0.4, -0.2) is 39.9 Å². The van der Waals surface area contributed by atoms with E-state index in [1.807, 2.05) is 17.8 Å². The third-order valence-corrected chi connectivity index (χ3v) is 5.49. The van der Waals surface area contributed by atoms with Gasteiger partial charge in [0.25, 0.3) is 0 Å². The van der Waals surface area contributed by atoms with Gasteiger partial charge in [-0.15, -0.1) is 0 Å². The first-order valence-electron chi connectivity index (χ1n) is 8.41. The molecule has 7 nitrogen and oxygen atoms in total. The van der Waals surface area contributed by atoms with Gasteiger partial charge in [-0.05, 0) is 25.7 Å². The molecule has 2 atom stereocenters. The van der Waals surface area contributed by atoms with E-state index in [-0.39, 0.29) is 23.8 Å². The van der Waals surface area contributed by atoms with E-state index in [0.717, 1.165) is 12.2 Å². The standard InChI is InChI=1S/C17H23N5O2/c1-21-9-8-19-15(21)14-12(4-5-13(23)22(14)2)10-20-16(24)17(11-18)6-3-7-17/h8-9,12,14H,3-7,10H2,1-2H3,(H,20,24)/t12-,14+/m1/s1. The molecule has 0 bridgehead atoms. The van der Waals surface area contributed by atoms with Crippen LogP contribution >= 0.6 is 0 Å². The van der Waals surface area contributed by atoms with Crippen molar-refractivity contribution in [3.05, 3.63) is 18.2 Å². The van der Waals surface area contributed by atoms with Crippen molar-refractivity contribution in [1.82, 2.24) is 19.8 Å². The third-order valence-electron chi connectivity index (χ3n) is 5.49. The van der Waals surface area contributed by atoms with E-state index in [1.54, 1.807) is 18.1 Å². The predicted molar refractivity (Wildman–Crippen MR) is 86.3 cm³/mol. The number of rotatable bonds is 4. The summed E-state index contributed by atoms with van der Waals surface area (Å²) in [6.07, 6.45) is 6.97. The Kier molecular flexibility index (Phi) is 4.31. The first kappa shape index (κ1) is 16.5. The average molecular weight is 329 g/mol. The first-order valence-corrected chi connectivity index (χ1v) is 8.41. The number of hydrogen-bond acceptors (Lipinski definition) is 4. The Hall–Kier alpha value is -2.36. The Morgan fingerprint density at radius 2 is 2.25 bits per heavy atom. The predicted octanol–water partition coefficient (Wildman–Crippen LogP) is 1.14. The number of nitriles is 1. The number of amides is 2. The van der Waals surface area contributed by atoms with E-state index >= 15 is 0 Å². The smallest absolute Gasteiger partial charge is 0.240 e. The average Bonchev–Trinajstić information content (AvgIpc) is 2.93. The fourth-order valence-electron chi connectivity index (χ4n) is 3.69. The minimum absolute atomic E-state index is 0.0913. The number of aromatic nitrogens is 2. The zero-order chi connectivity index (χ0) is 17.3. The number of imidazole rings is 1. The van der Waals surface area contributed by atoms with Crippen molar-refractivity contribution in [2.45, 2.75) is 38.1 Å². The molecule has 24 heavy (non-hydrogen) atoms. The second-order valence-corrected chi connectivity index (χ2v) is 6.90. The lowest BCUT2D eigenvalue weighted by Gasteiger charge is -2.39. The molecule has 2 fully saturated rings. The molecule has 3 rings (SSSR count). The van der Waals surface area contributed by atoms with Gasteiger partial charge in [0.2, 0.25) is 11.8 Å². The Morgan fingerprint density at radius 1 is 1.50 bits per heavy atom. The number of piperidine rings is 1. The molecule has 0 radical (unpaired) electrons. The summed E-state index contributed by atoms with van der Waals surface area (Å²) in [5.74, 6) is 0.837. The number of aryl methyl sites for hydroxylation is 1. The second kappa shape index (κ2) is 6.27. The SMILES string of the molecule is CN1C(=O)CC[C@H](CNC(=O)C2(C#N)CCC2)[C@H]1c1nccn1C. The van der Waals surface area contributed by atoms with E-state index in [1.165, 1.54) is 0 Å². The molecule has 0 spiro atoms. The van der Waals surface area contributed by atoms with Crippen LogP contribution in [0.5, 0.6) is 0 Å². The van der Waals surface area contributed by atoms with Gasteiger partial charge >= 0.3 is 0 Å². The van der Waals surface area contributed by atoms with Gasteiger partial charge < -0.3 is 14.8 Å². The maximum absolute atomic E-state index is 12.4. The van der Waals surface area contributed by atoms with Crippen molar-refractivity contribution in [1.29, 1.82) is 5.26 Å².